The predicted octanol–water partition coefficient (Wildman–Crippen LogP) is 2.95. The molecule has 0 saturated heterocycles. The van der Waals surface area contributed by atoms with E-state index in [1.165, 1.54) is 6.07 Å². The third-order valence-corrected chi connectivity index (χ3v) is 3.25. The van der Waals surface area contributed by atoms with Gasteiger partial charge in [-0.1, -0.05) is 17.7 Å². The fourth-order valence-corrected chi connectivity index (χ4v) is 2.02. The number of halogens is 2. The summed E-state index contributed by atoms with van der Waals surface area (Å²) in [7, 11) is 0. The minimum Gasteiger partial charge on any atom is -0.343 e. The Hall–Kier alpha value is -2.76. The zero-order chi connectivity index (χ0) is 17.0. The fourth-order valence-electron chi connectivity index (χ4n) is 2.02. The van der Waals surface area contributed by atoms with E-state index >= 15 is 0 Å². The lowest BCUT2D eigenvalue weighted by atomic mass is 10.1. The number of amides is 2. The number of nitrogens with one attached hydrogen (secondary N) is 2. The van der Waals surface area contributed by atoms with Gasteiger partial charge in [-0.3, -0.25) is 9.59 Å². The van der Waals surface area contributed by atoms with Crippen LogP contribution >= 0.6 is 0 Å². The molecule has 0 aliphatic rings. The Labute approximate surface area is 132 Å². The molecule has 0 aliphatic heterocycles. The van der Waals surface area contributed by atoms with Gasteiger partial charge in [0.15, 0.2) is 11.6 Å². The summed E-state index contributed by atoms with van der Waals surface area (Å²) in [6.07, 6.45) is 0. The number of carbonyl (C=O) groups is 2. The van der Waals surface area contributed by atoms with Crippen molar-refractivity contribution in [2.75, 3.05) is 11.9 Å². The molecule has 0 unspecified atom stereocenters. The molecule has 0 aliphatic carbocycles. The maximum absolute atomic E-state index is 13.1. The van der Waals surface area contributed by atoms with E-state index in [0.29, 0.717) is 5.56 Å². The molecule has 0 spiro atoms. The summed E-state index contributed by atoms with van der Waals surface area (Å²) < 4.78 is 25.9. The molecule has 0 heterocycles. The molecule has 4 nitrogen and oxygen atoms in total. The highest BCUT2D eigenvalue weighted by Crippen LogP contribution is 2.13. The SMILES string of the molecule is Cc1ccc(C)c(C(=O)NCC(=O)Nc2ccc(F)c(F)c2)c1. The van der Waals surface area contributed by atoms with Crippen molar-refractivity contribution in [1.29, 1.82) is 0 Å². The molecule has 0 fully saturated rings. The van der Waals surface area contributed by atoms with E-state index in [4.69, 9.17) is 0 Å². The maximum Gasteiger partial charge on any atom is 0.251 e. The third-order valence-electron chi connectivity index (χ3n) is 3.25. The Morgan fingerprint density at radius 3 is 2.43 bits per heavy atom. The molecule has 0 bridgehead atoms. The summed E-state index contributed by atoms with van der Waals surface area (Å²) in [4.78, 5) is 23.8. The Balaban J connectivity index is 1.94. The summed E-state index contributed by atoms with van der Waals surface area (Å²) >= 11 is 0. The summed E-state index contributed by atoms with van der Waals surface area (Å²) in [5.41, 5.74) is 2.35. The Morgan fingerprint density at radius 2 is 1.74 bits per heavy atom. The van der Waals surface area contributed by atoms with Crippen LogP contribution in [0, 0.1) is 25.5 Å². The standard InChI is InChI=1S/C17H16F2N2O2/c1-10-3-4-11(2)13(7-10)17(23)20-9-16(22)21-12-5-6-14(18)15(19)8-12/h3-8H,9H2,1-2H3,(H,20,23)(H,21,22). The first kappa shape index (κ1) is 16.6. The highest BCUT2D eigenvalue weighted by molar-refractivity contribution is 6.00. The van der Waals surface area contributed by atoms with Gasteiger partial charge < -0.3 is 10.6 Å². The fraction of sp³-hybridized carbons (Fsp3) is 0.176. The van der Waals surface area contributed by atoms with Crippen LogP contribution in [0.3, 0.4) is 0 Å². The topological polar surface area (TPSA) is 58.2 Å². The van der Waals surface area contributed by atoms with Crippen LogP contribution in [0.2, 0.25) is 0 Å². The molecule has 6 heteroatoms. The maximum atomic E-state index is 13.1. The zero-order valence-electron chi connectivity index (χ0n) is 12.7. The van der Waals surface area contributed by atoms with E-state index in [-0.39, 0.29) is 18.1 Å². The molecule has 0 aromatic heterocycles. The zero-order valence-corrected chi connectivity index (χ0v) is 12.7. The summed E-state index contributed by atoms with van der Waals surface area (Å²) in [6.45, 7) is 3.40. The quantitative estimate of drug-likeness (QED) is 0.910. The molecular formula is C17H16F2N2O2. The van der Waals surface area contributed by atoms with Crippen LogP contribution in [0.25, 0.3) is 0 Å². The van der Waals surface area contributed by atoms with E-state index in [1.54, 1.807) is 13.0 Å². The molecule has 0 saturated carbocycles. The molecule has 120 valence electrons. The van der Waals surface area contributed by atoms with Crippen molar-refractivity contribution in [2.45, 2.75) is 13.8 Å². The number of anilines is 1. The van der Waals surface area contributed by atoms with Gasteiger partial charge in [-0.05, 0) is 37.6 Å². The van der Waals surface area contributed by atoms with Gasteiger partial charge in [-0.15, -0.1) is 0 Å². The molecular weight excluding hydrogens is 302 g/mol. The number of carbonyl (C=O) groups excluding carboxylic acids is 2. The van der Waals surface area contributed by atoms with Crippen molar-refractivity contribution >= 4 is 17.5 Å². The highest BCUT2D eigenvalue weighted by Gasteiger charge is 2.11. The lowest BCUT2D eigenvalue weighted by Gasteiger charge is -2.09. The van der Waals surface area contributed by atoms with Crippen molar-refractivity contribution in [1.82, 2.24) is 5.32 Å². The van der Waals surface area contributed by atoms with E-state index < -0.39 is 17.5 Å². The number of benzene rings is 2. The van der Waals surface area contributed by atoms with Crippen molar-refractivity contribution in [3.05, 3.63) is 64.7 Å². The van der Waals surface area contributed by atoms with Gasteiger partial charge in [0.1, 0.15) is 0 Å². The highest BCUT2D eigenvalue weighted by atomic mass is 19.2. The molecule has 2 aromatic carbocycles. The van der Waals surface area contributed by atoms with E-state index in [2.05, 4.69) is 10.6 Å². The first-order chi connectivity index (χ1) is 10.9. The van der Waals surface area contributed by atoms with Gasteiger partial charge in [0, 0.05) is 17.3 Å². The van der Waals surface area contributed by atoms with Crippen molar-refractivity contribution in [3.63, 3.8) is 0 Å². The monoisotopic (exact) mass is 318 g/mol. The molecule has 0 atom stereocenters. The number of rotatable bonds is 4. The van der Waals surface area contributed by atoms with Gasteiger partial charge in [-0.25, -0.2) is 8.78 Å². The van der Waals surface area contributed by atoms with Crippen LogP contribution < -0.4 is 10.6 Å². The van der Waals surface area contributed by atoms with E-state index in [9.17, 15) is 18.4 Å². The third kappa shape index (κ3) is 4.35. The lowest BCUT2D eigenvalue weighted by Crippen LogP contribution is -2.33. The second kappa shape index (κ2) is 7.00. The first-order valence-electron chi connectivity index (χ1n) is 6.97. The van der Waals surface area contributed by atoms with Crippen molar-refractivity contribution in [3.8, 4) is 0 Å². The van der Waals surface area contributed by atoms with E-state index in [1.807, 2.05) is 19.1 Å². The van der Waals surface area contributed by atoms with Crippen LogP contribution in [-0.4, -0.2) is 18.4 Å². The van der Waals surface area contributed by atoms with E-state index in [0.717, 1.165) is 23.3 Å². The molecule has 2 amide bonds. The molecule has 0 radical (unpaired) electrons. The minimum atomic E-state index is -1.05. The van der Waals surface area contributed by atoms with Crippen molar-refractivity contribution in [2.24, 2.45) is 0 Å². The average Bonchev–Trinajstić information content (AvgIpc) is 2.51. The smallest absolute Gasteiger partial charge is 0.251 e. The lowest BCUT2D eigenvalue weighted by molar-refractivity contribution is -0.115. The second-order valence-electron chi connectivity index (χ2n) is 5.18. The molecule has 23 heavy (non-hydrogen) atoms. The normalized spacial score (nSPS) is 10.3. The Morgan fingerprint density at radius 1 is 1.00 bits per heavy atom. The van der Waals surface area contributed by atoms with Gasteiger partial charge >= 0.3 is 0 Å². The number of aryl methyl sites for hydroxylation is 2. The molecule has 2 aromatic rings. The minimum absolute atomic E-state index is 0.120. The second-order valence-corrected chi connectivity index (χ2v) is 5.18. The van der Waals surface area contributed by atoms with Gasteiger partial charge in [0.25, 0.3) is 5.91 Å². The summed E-state index contributed by atoms with van der Waals surface area (Å²) in [5, 5.41) is 4.88. The van der Waals surface area contributed by atoms with Crippen LogP contribution in [0.15, 0.2) is 36.4 Å². The van der Waals surface area contributed by atoms with Gasteiger partial charge in [0.05, 0.1) is 6.54 Å². The summed E-state index contributed by atoms with van der Waals surface area (Å²) in [6, 6.07) is 8.48. The molecule has 2 rings (SSSR count). The Kier molecular flexibility index (Phi) is 5.05. The summed E-state index contributed by atoms with van der Waals surface area (Å²) in [5.74, 6) is -2.95. The van der Waals surface area contributed by atoms with Gasteiger partial charge in [0.2, 0.25) is 5.91 Å². The predicted molar refractivity (Wildman–Crippen MR) is 83.2 cm³/mol. The van der Waals surface area contributed by atoms with Crippen LogP contribution in [0.5, 0.6) is 0 Å². The number of hydrogen-bond acceptors (Lipinski definition) is 2. The van der Waals surface area contributed by atoms with Crippen LogP contribution in [0.1, 0.15) is 21.5 Å². The van der Waals surface area contributed by atoms with Crippen LogP contribution in [-0.2, 0) is 4.79 Å². The first-order valence-corrected chi connectivity index (χ1v) is 6.97. The van der Waals surface area contributed by atoms with Gasteiger partial charge in [-0.2, -0.15) is 0 Å². The Bertz CT molecular complexity index is 760. The average molecular weight is 318 g/mol. The van der Waals surface area contributed by atoms with Crippen LogP contribution in [0.4, 0.5) is 14.5 Å². The number of hydrogen-bond donors (Lipinski definition) is 2. The van der Waals surface area contributed by atoms with Crippen molar-refractivity contribution < 1.29 is 18.4 Å². The molecule has 2 N–H and O–H groups in total. The largest absolute Gasteiger partial charge is 0.343 e.